The van der Waals surface area contributed by atoms with E-state index in [0.29, 0.717) is 19.5 Å². The van der Waals surface area contributed by atoms with E-state index in [0.717, 1.165) is 32.1 Å². The van der Waals surface area contributed by atoms with Crippen molar-refractivity contribution in [3.8, 4) is 0 Å². The monoisotopic (exact) mass is 567 g/mol. The molecule has 2 heterocycles. The maximum absolute atomic E-state index is 13.9. The Morgan fingerprint density at radius 3 is 2.10 bits per heavy atom. The summed E-state index contributed by atoms with van der Waals surface area (Å²) in [6.07, 6.45) is 5.53. The third-order valence-corrected chi connectivity index (χ3v) is 6.67. The number of hydrogen-bond acceptors (Lipinski definition) is 7. The first kappa shape index (κ1) is 32.7. The summed E-state index contributed by atoms with van der Waals surface area (Å²) in [4.78, 5) is 79.7. The SMILES string of the molecule is CC(C)C[C@H](NC(=O)[C@@H](NC(=O)[C@@H](N)CNC(=O)c1[nH]c(=O)[nH]c(=O)c1F)C(C)C)C(=O)N1CCCCCCC1. The van der Waals surface area contributed by atoms with Crippen molar-refractivity contribution in [2.24, 2.45) is 17.6 Å². The molecule has 13 nitrogen and oxygen atoms in total. The molecule has 3 atom stereocenters. The topological polar surface area (TPSA) is 199 Å². The Balaban J connectivity index is 2.05. The number of nitrogens with zero attached hydrogens (tertiary/aromatic N) is 1. The van der Waals surface area contributed by atoms with E-state index in [2.05, 4.69) is 16.0 Å². The lowest BCUT2D eigenvalue weighted by Crippen LogP contribution is -2.59. The average Bonchev–Trinajstić information content (AvgIpc) is 2.86. The molecule has 7 N–H and O–H groups in total. The second-order valence-electron chi connectivity index (χ2n) is 10.9. The minimum atomic E-state index is -1.49. The molecule has 224 valence electrons. The molecule has 40 heavy (non-hydrogen) atoms. The predicted octanol–water partition coefficient (Wildman–Crippen LogP) is -0.276. The highest BCUT2D eigenvalue weighted by Gasteiger charge is 2.32. The summed E-state index contributed by atoms with van der Waals surface area (Å²) in [5.74, 6) is -4.32. The van der Waals surface area contributed by atoms with Crippen LogP contribution >= 0.6 is 0 Å². The lowest BCUT2D eigenvalue weighted by Gasteiger charge is -2.31. The van der Waals surface area contributed by atoms with E-state index in [9.17, 15) is 33.2 Å². The van der Waals surface area contributed by atoms with Gasteiger partial charge in [0.25, 0.3) is 11.5 Å². The number of nitrogens with one attached hydrogen (secondary N) is 5. The molecular weight excluding hydrogens is 525 g/mol. The molecule has 1 aliphatic rings. The van der Waals surface area contributed by atoms with E-state index < -0.39 is 65.2 Å². The highest BCUT2D eigenvalue weighted by atomic mass is 19.1. The first-order valence-corrected chi connectivity index (χ1v) is 13.8. The second-order valence-corrected chi connectivity index (χ2v) is 10.9. The number of H-pyrrole nitrogens is 2. The molecule has 1 aliphatic heterocycles. The van der Waals surface area contributed by atoms with Gasteiger partial charge >= 0.3 is 5.69 Å². The minimum absolute atomic E-state index is 0.133. The van der Waals surface area contributed by atoms with Crippen LogP contribution in [-0.2, 0) is 14.4 Å². The quantitative estimate of drug-likeness (QED) is 0.211. The molecule has 1 aromatic heterocycles. The third-order valence-electron chi connectivity index (χ3n) is 6.67. The fourth-order valence-corrected chi connectivity index (χ4v) is 4.45. The van der Waals surface area contributed by atoms with Crippen molar-refractivity contribution >= 4 is 23.6 Å². The highest BCUT2D eigenvalue weighted by molar-refractivity contribution is 5.94. The molecule has 1 aromatic rings. The smallest absolute Gasteiger partial charge is 0.326 e. The predicted molar refractivity (Wildman–Crippen MR) is 146 cm³/mol. The normalized spacial score (nSPS) is 16.4. The van der Waals surface area contributed by atoms with E-state index in [1.807, 2.05) is 23.7 Å². The number of amides is 4. The van der Waals surface area contributed by atoms with Crippen molar-refractivity contribution in [1.82, 2.24) is 30.8 Å². The molecule has 2 rings (SSSR count). The summed E-state index contributed by atoms with van der Waals surface area (Å²) >= 11 is 0. The number of halogens is 1. The van der Waals surface area contributed by atoms with Gasteiger partial charge in [-0.05, 0) is 31.1 Å². The Hall–Kier alpha value is -3.55. The molecule has 0 spiro atoms. The van der Waals surface area contributed by atoms with Crippen LogP contribution in [0.1, 0.15) is 76.7 Å². The number of carbonyl (C=O) groups excluding carboxylic acids is 4. The van der Waals surface area contributed by atoms with Crippen LogP contribution in [0.3, 0.4) is 0 Å². The number of aromatic amines is 2. The highest BCUT2D eigenvalue weighted by Crippen LogP contribution is 2.15. The second kappa shape index (κ2) is 15.3. The van der Waals surface area contributed by atoms with Crippen LogP contribution in [0.15, 0.2) is 9.59 Å². The van der Waals surface area contributed by atoms with Gasteiger partial charge in [0.15, 0.2) is 0 Å². The number of nitrogens with two attached hydrogens (primary N) is 1. The number of aromatic nitrogens is 2. The van der Waals surface area contributed by atoms with E-state index in [-0.39, 0.29) is 17.7 Å². The maximum atomic E-state index is 13.9. The van der Waals surface area contributed by atoms with Gasteiger partial charge in [-0.25, -0.2) is 4.79 Å². The average molecular weight is 568 g/mol. The van der Waals surface area contributed by atoms with Gasteiger partial charge in [-0.1, -0.05) is 47.0 Å². The summed E-state index contributed by atoms with van der Waals surface area (Å²) in [5, 5.41) is 7.58. The number of rotatable bonds is 11. The zero-order chi connectivity index (χ0) is 30.0. The van der Waals surface area contributed by atoms with Crippen LogP contribution in [0.25, 0.3) is 0 Å². The van der Waals surface area contributed by atoms with Gasteiger partial charge in [0.05, 0.1) is 0 Å². The minimum Gasteiger partial charge on any atom is -0.349 e. The van der Waals surface area contributed by atoms with Crippen molar-refractivity contribution in [3.63, 3.8) is 0 Å². The van der Waals surface area contributed by atoms with Crippen LogP contribution in [0, 0.1) is 17.7 Å². The summed E-state index contributed by atoms with van der Waals surface area (Å²) in [7, 11) is 0. The number of likely N-dealkylation sites (tertiary alicyclic amines) is 1. The standard InChI is InChI=1S/C26H42FN7O6/c1-14(2)12-17(25(39)34-10-8-6-5-7-9-11-34)30-24(38)19(15(3)4)31-21(35)16(28)13-29-23(37)20-18(27)22(36)33-26(40)32-20/h14-17,19H,5-13,28H2,1-4H3,(H,29,37)(H,30,38)(H,31,35)(H2,32,33,36,40)/t16-,17-,19-/m0/s1. The van der Waals surface area contributed by atoms with Gasteiger partial charge in [0, 0.05) is 19.6 Å². The summed E-state index contributed by atoms with van der Waals surface area (Å²) in [5.41, 5.74) is 2.52. The number of carbonyl (C=O) groups is 4. The maximum Gasteiger partial charge on any atom is 0.326 e. The number of hydrogen-bond donors (Lipinski definition) is 6. The summed E-state index contributed by atoms with van der Waals surface area (Å²) in [6, 6.07) is -3.11. The van der Waals surface area contributed by atoms with Crippen LogP contribution in [0.2, 0.25) is 0 Å². The van der Waals surface area contributed by atoms with E-state index >= 15 is 0 Å². The zero-order valence-electron chi connectivity index (χ0n) is 23.6. The third kappa shape index (κ3) is 9.57. The van der Waals surface area contributed by atoms with Gasteiger partial charge in [0.1, 0.15) is 23.8 Å². The lowest BCUT2D eigenvalue weighted by molar-refractivity contribution is -0.138. The molecule has 0 unspecified atom stereocenters. The molecule has 1 fully saturated rings. The molecule has 0 saturated carbocycles. The molecule has 1 saturated heterocycles. The van der Waals surface area contributed by atoms with Gasteiger partial charge in [-0.3, -0.25) is 29.0 Å². The fourth-order valence-electron chi connectivity index (χ4n) is 4.45. The van der Waals surface area contributed by atoms with Gasteiger partial charge in [-0.2, -0.15) is 4.39 Å². The van der Waals surface area contributed by atoms with Crippen molar-refractivity contribution in [3.05, 3.63) is 32.3 Å². The Labute approximate surface area is 232 Å². The van der Waals surface area contributed by atoms with Crippen LogP contribution in [-0.4, -0.2) is 76.3 Å². The Morgan fingerprint density at radius 2 is 1.52 bits per heavy atom. The molecule has 14 heteroatoms. The Kier molecular flexibility index (Phi) is 12.5. The van der Waals surface area contributed by atoms with Crippen molar-refractivity contribution < 1.29 is 23.6 Å². The first-order valence-electron chi connectivity index (χ1n) is 13.8. The van der Waals surface area contributed by atoms with Crippen LogP contribution in [0.5, 0.6) is 0 Å². The van der Waals surface area contributed by atoms with Crippen LogP contribution < -0.4 is 32.9 Å². The van der Waals surface area contributed by atoms with Crippen molar-refractivity contribution in [2.75, 3.05) is 19.6 Å². The van der Waals surface area contributed by atoms with Crippen molar-refractivity contribution in [2.45, 2.75) is 84.3 Å². The molecule has 0 bridgehead atoms. The van der Waals surface area contributed by atoms with Crippen LogP contribution in [0.4, 0.5) is 4.39 Å². The van der Waals surface area contributed by atoms with E-state index in [1.54, 1.807) is 18.8 Å². The summed E-state index contributed by atoms with van der Waals surface area (Å²) in [6.45, 7) is 8.18. The molecular formula is C26H42FN7O6. The lowest BCUT2D eigenvalue weighted by atomic mass is 9.98. The Bertz CT molecular complexity index is 1160. The van der Waals surface area contributed by atoms with Gasteiger partial charge in [0.2, 0.25) is 23.5 Å². The zero-order valence-corrected chi connectivity index (χ0v) is 23.6. The Morgan fingerprint density at radius 1 is 0.925 bits per heavy atom. The van der Waals surface area contributed by atoms with Gasteiger partial charge in [-0.15, -0.1) is 0 Å². The van der Waals surface area contributed by atoms with Crippen molar-refractivity contribution in [1.29, 1.82) is 0 Å². The molecule has 0 radical (unpaired) electrons. The molecule has 0 aromatic carbocycles. The first-order chi connectivity index (χ1) is 18.8. The van der Waals surface area contributed by atoms with E-state index in [1.165, 1.54) is 0 Å². The summed E-state index contributed by atoms with van der Waals surface area (Å²) < 4.78 is 13.9. The van der Waals surface area contributed by atoms with E-state index in [4.69, 9.17) is 5.73 Å². The molecule has 0 aliphatic carbocycles. The van der Waals surface area contributed by atoms with Gasteiger partial charge < -0.3 is 31.6 Å². The fraction of sp³-hybridized carbons (Fsp3) is 0.692. The molecule has 4 amide bonds. The largest absolute Gasteiger partial charge is 0.349 e.